The Morgan fingerprint density at radius 2 is 1.67 bits per heavy atom. The molecule has 0 aliphatic carbocycles. The van der Waals surface area contributed by atoms with Gasteiger partial charge in [0.15, 0.2) is 18.1 Å². The van der Waals surface area contributed by atoms with E-state index in [0.717, 1.165) is 10.5 Å². The van der Waals surface area contributed by atoms with Crippen LogP contribution in [-0.2, 0) is 14.4 Å². The van der Waals surface area contributed by atoms with E-state index in [2.05, 4.69) is 10.6 Å². The standard InChI is InChI=1S/C29H27N3O7/c1-4-38-22-12-10-21(11-13-22)32-28(35)23(27(34)31-29(32)36)15-19-7-14-24(25(16-19)37-3)39-17-26(33)30-20-8-5-18(2)6-9-20/h5-16H,4,17H2,1-3H3,(H,30,33)(H,31,34,36)/b23-15+. The van der Waals surface area contributed by atoms with Crippen molar-refractivity contribution in [2.24, 2.45) is 0 Å². The molecule has 0 spiro atoms. The van der Waals surface area contributed by atoms with E-state index in [1.807, 2.05) is 26.0 Å². The number of nitrogens with one attached hydrogen (secondary N) is 2. The fourth-order valence-corrected chi connectivity index (χ4v) is 3.79. The summed E-state index contributed by atoms with van der Waals surface area (Å²) in [7, 11) is 1.43. The molecule has 3 aromatic rings. The van der Waals surface area contributed by atoms with Crippen molar-refractivity contribution in [1.82, 2.24) is 5.32 Å². The molecule has 1 saturated heterocycles. The van der Waals surface area contributed by atoms with Crippen molar-refractivity contribution < 1.29 is 33.4 Å². The minimum Gasteiger partial charge on any atom is -0.494 e. The molecule has 1 aliphatic heterocycles. The number of barbiturate groups is 1. The van der Waals surface area contributed by atoms with Crippen molar-refractivity contribution in [2.45, 2.75) is 13.8 Å². The van der Waals surface area contributed by atoms with Crippen LogP contribution in [0.15, 0.2) is 72.3 Å². The first-order valence-corrected chi connectivity index (χ1v) is 12.1. The number of ether oxygens (including phenoxy) is 3. The third-order valence-electron chi connectivity index (χ3n) is 5.70. The second-order valence-electron chi connectivity index (χ2n) is 8.50. The van der Waals surface area contributed by atoms with E-state index in [4.69, 9.17) is 14.2 Å². The van der Waals surface area contributed by atoms with Gasteiger partial charge >= 0.3 is 6.03 Å². The van der Waals surface area contributed by atoms with Crippen molar-refractivity contribution >= 4 is 41.2 Å². The van der Waals surface area contributed by atoms with Crippen molar-refractivity contribution in [3.63, 3.8) is 0 Å². The lowest BCUT2D eigenvalue weighted by Gasteiger charge is -2.26. The van der Waals surface area contributed by atoms with Gasteiger partial charge in [0, 0.05) is 5.69 Å². The van der Waals surface area contributed by atoms with Crippen LogP contribution >= 0.6 is 0 Å². The van der Waals surface area contributed by atoms with Gasteiger partial charge in [-0.3, -0.25) is 19.7 Å². The fourth-order valence-electron chi connectivity index (χ4n) is 3.79. The molecule has 0 radical (unpaired) electrons. The highest BCUT2D eigenvalue weighted by Crippen LogP contribution is 2.30. The minimum absolute atomic E-state index is 0.239. The number of carbonyl (C=O) groups excluding carboxylic acids is 4. The molecule has 10 nitrogen and oxygen atoms in total. The van der Waals surface area contributed by atoms with Crippen molar-refractivity contribution in [3.05, 3.63) is 83.4 Å². The first kappa shape index (κ1) is 26.9. The highest BCUT2D eigenvalue weighted by atomic mass is 16.5. The summed E-state index contributed by atoms with van der Waals surface area (Å²) in [5.74, 6) is -0.783. The van der Waals surface area contributed by atoms with Gasteiger partial charge in [0.2, 0.25) is 0 Å². The lowest BCUT2D eigenvalue weighted by molar-refractivity contribution is -0.122. The zero-order valence-corrected chi connectivity index (χ0v) is 21.6. The molecular formula is C29H27N3O7. The van der Waals surface area contributed by atoms with Crippen molar-refractivity contribution in [1.29, 1.82) is 0 Å². The second-order valence-corrected chi connectivity index (χ2v) is 8.50. The van der Waals surface area contributed by atoms with Crippen LogP contribution in [0.25, 0.3) is 6.08 Å². The number of aryl methyl sites for hydroxylation is 1. The SMILES string of the molecule is CCOc1ccc(N2C(=O)NC(=O)/C(=C\c3ccc(OCC(=O)Nc4ccc(C)cc4)c(OC)c3)C2=O)cc1. The molecule has 5 amide bonds. The Bertz CT molecular complexity index is 1430. The lowest BCUT2D eigenvalue weighted by Crippen LogP contribution is -2.54. The molecule has 1 fully saturated rings. The molecule has 0 unspecified atom stereocenters. The van der Waals surface area contributed by atoms with Gasteiger partial charge in [0.1, 0.15) is 11.3 Å². The average molecular weight is 530 g/mol. The average Bonchev–Trinajstić information content (AvgIpc) is 2.92. The Morgan fingerprint density at radius 3 is 2.33 bits per heavy atom. The van der Waals surface area contributed by atoms with Gasteiger partial charge in [-0.15, -0.1) is 0 Å². The summed E-state index contributed by atoms with van der Waals surface area (Å²) >= 11 is 0. The fraction of sp³-hybridized carbons (Fsp3) is 0.172. The van der Waals surface area contributed by atoms with Crippen LogP contribution in [0, 0.1) is 6.92 Å². The van der Waals surface area contributed by atoms with E-state index in [1.165, 1.54) is 13.2 Å². The number of rotatable bonds is 9. The Morgan fingerprint density at radius 1 is 0.949 bits per heavy atom. The third-order valence-corrected chi connectivity index (χ3v) is 5.70. The van der Waals surface area contributed by atoms with E-state index in [1.54, 1.807) is 54.6 Å². The van der Waals surface area contributed by atoms with Crippen LogP contribution in [-0.4, -0.2) is 44.1 Å². The Kier molecular flexibility index (Phi) is 8.25. The zero-order valence-electron chi connectivity index (χ0n) is 21.6. The van der Waals surface area contributed by atoms with Gasteiger partial charge in [-0.1, -0.05) is 23.8 Å². The van der Waals surface area contributed by atoms with Gasteiger partial charge in [-0.05, 0) is 74.0 Å². The van der Waals surface area contributed by atoms with E-state index in [-0.39, 0.29) is 29.5 Å². The van der Waals surface area contributed by atoms with Crippen LogP contribution in [0.2, 0.25) is 0 Å². The summed E-state index contributed by atoms with van der Waals surface area (Å²) in [6.45, 7) is 4.01. The maximum atomic E-state index is 13.2. The number of hydrogen-bond donors (Lipinski definition) is 2. The van der Waals surface area contributed by atoms with Crippen LogP contribution in [0.3, 0.4) is 0 Å². The summed E-state index contributed by atoms with van der Waals surface area (Å²) in [5, 5.41) is 4.94. The molecule has 1 aliphatic rings. The summed E-state index contributed by atoms with van der Waals surface area (Å²) in [4.78, 5) is 51.4. The smallest absolute Gasteiger partial charge is 0.335 e. The number of nitrogens with zero attached hydrogens (tertiary/aromatic N) is 1. The van der Waals surface area contributed by atoms with E-state index in [0.29, 0.717) is 29.4 Å². The van der Waals surface area contributed by atoms with Gasteiger partial charge in [0.25, 0.3) is 17.7 Å². The summed E-state index contributed by atoms with van der Waals surface area (Å²) in [5.41, 5.74) is 2.22. The normalized spacial score (nSPS) is 14.2. The third kappa shape index (κ3) is 6.42. The maximum absolute atomic E-state index is 13.2. The van der Waals surface area contributed by atoms with Crippen molar-refractivity contribution in [3.8, 4) is 17.2 Å². The van der Waals surface area contributed by atoms with Crippen LogP contribution in [0.1, 0.15) is 18.1 Å². The monoisotopic (exact) mass is 529 g/mol. The lowest BCUT2D eigenvalue weighted by atomic mass is 10.1. The van der Waals surface area contributed by atoms with E-state index in [9.17, 15) is 19.2 Å². The molecule has 4 rings (SSSR count). The van der Waals surface area contributed by atoms with Crippen LogP contribution in [0.5, 0.6) is 17.2 Å². The number of carbonyl (C=O) groups is 4. The molecule has 2 N–H and O–H groups in total. The van der Waals surface area contributed by atoms with Gasteiger partial charge < -0.3 is 19.5 Å². The molecule has 0 atom stereocenters. The quantitative estimate of drug-likeness (QED) is 0.316. The summed E-state index contributed by atoms with van der Waals surface area (Å²) < 4.78 is 16.4. The summed E-state index contributed by atoms with van der Waals surface area (Å²) in [6, 6.07) is 17.6. The number of benzene rings is 3. The largest absolute Gasteiger partial charge is 0.494 e. The number of methoxy groups -OCH3 is 1. The highest BCUT2D eigenvalue weighted by molar-refractivity contribution is 6.39. The second kappa shape index (κ2) is 12.0. The molecular weight excluding hydrogens is 502 g/mol. The Balaban J connectivity index is 1.49. The van der Waals surface area contributed by atoms with Gasteiger partial charge in [0.05, 0.1) is 19.4 Å². The molecule has 0 aromatic heterocycles. The minimum atomic E-state index is -0.850. The van der Waals surface area contributed by atoms with Gasteiger partial charge in [-0.2, -0.15) is 0 Å². The molecule has 3 aromatic carbocycles. The highest BCUT2D eigenvalue weighted by Gasteiger charge is 2.36. The van der Waals surface area contributed by atoms with E-state index < -0.39 is 17.8 Å². The molecule has 10 heteroatoms. The molecule has 0 saturated carbocycles. The number of urea groups is 1. The summed E-state index contributed by atoms with van der Waals surface area (Å²) in [6.07, 6.45) is 1.35. The van der Waals surface area contributed by atoms with Crippen LogP contribution in [0.4, 0.5) is 16.2 Å². The van der Waals surface area contributed by atoms with E-state index >= 15 is 0 Å². The molecule has 0 bridgehead atoms. The first-order chi connectivity index (χ1) is 18.8. The number of amides is 5. The van der Waals surface area contributed by atoms with Gasteiger partial charge in [-0.25, -0.2) is 9.69 Å². The number of hydrogen-bond acceptors (Lipinski definition) is 7. The zero-order chi connectivity index (χ0) is 27.9. The maximum Gasteiger partial charge on any atom is 0.335 e. The predicted octanol–water partition coefficient (Wildman–Crippen LogP) is 4.09. The first-order valence-electron chi connectivity index (χ1n) is 12.1. The Labute approximate surface area is 225 Å². The Hall–Kier alpha value is -5.12. The topological polar surface area (TPSA) is 123 Å². The van der Waals surface area contributed by atoms with Crippen LogP contribution < -0.4 is 29.7 Å². The number of anilines is 2. The molecule has 200 valence electrons. The van der Waals surface area contributed by atoms with Crippen molar-refractivity contribution in [2.75, 3.05) is 30.5 Å². The molecule has 39 heavy (non-hydrogen) atoms. The predicted molar refractivity (Wildman–Crippen MR) is 145 cm³/mol. The molecule has 1 heterocycles. The number of imide groups is 2.